The fourth-order valence-electron chi connectivity index (χ4n) is 0.811. The summed E-state index contributed by atoms with van der Waals surface area (Å²) in [6.07, 6.45) is 3.77. The summed E-state index contributed by atoms with van der Waals surface area (Å²) in [7, 11) is 0. The Morgan fingerprint density at radius 3 is 2.55 bits per heavy atom. The van der Waals surface area contributed by atoms with Crippen LogP contribution in [0, 0.1) is 0 Å². The summed E-state index contributed by atoms with van der Waals surface area (Å²) < 4.78 is 5.47. The number of hydrogen-bond donors (Lipinski definition) is 1. The van der Waals surface area contributed by atoms with Crippen LogP contribution in [0.1, 0.15) is 40.0 Å². The SMILES string of the molecule is CCCCOC(C)NCCC. The molecule has 0 aliphatic heterocycles. The lowest BCUT2D eigenvalue weighted by Gasteiger charge is -2.13. The average Bonchev–Trinajstić information content (AvgIpc) is 2.01. The predicted molar refractivity (Wildman–Crippen MR) is 48.6 cm³/mol. The molecule has 0 saturated heterocycles. The largest absolute Gasteiger partial charge is 0.364 e. The second kappa shape index (κ2) is 8.02. The molecule has 0 amide bonds. The van der Waals surface area contributed by atoms with Crippen LogP contribution in [-0.4, -0.2) is 19.4 Å². The van der Waals surface area contributed by atoms with E-state index in [1.165, 1.54) is 12.8 Å². The zero-order chi connectivity index (χ0) is 8.53. The van der Waals surface area contributed by atoms with Gasteiger partial charge in [0.15, 0.2) is 0 Å². The van der Waals surface area contributed by atoms with Crippen molar-refractivity contribution in [2.24, 2.45) is 0 Å². The highest BCUT2D eigenvalue weighted by atomic mass is 16.5. The normalized spacial score (nSPS) is 13.4. The summed E-state index contributed by atoms with van der Waals surface area (Å²) >= 11 is 0. The first kappa shape index (κ1) is 10.9. The van der Waals surface area contributed by atoms with Crippen molar-refractivity contribution in [3.05, 3.63) is 0 Å². The molecule has 0 aromatic heterocycles. The summed E-state index contributed by atoms with van der Waals surface area (Å²) in [5, 5.41) is 3.27. The van der Waals surface area contributed by atoms with Gasteiger partial charge in [-0.1, -0.05) is 20.3 Å². The van der Waals surface area contributed by atoms with Gasteiger partial charge in [-0.2, -0.15) is 0 Å². The zero-order valence-electron chi connectivity index (χ0n) is 8.02. The molecule has 0 spiro atoms. The van der Waals surface area contributed by atoms with Gasteiger partial charge in [0, 0.05) is 6.61 Å². The fourth-order valence-corrected chi connectivity index (χ4v) is 0.811. The Bertz CT molecular complexity index is 76.0. The maximum absolute atomic E-state index is 5.47. The Hall–Kier alpha value is -0.0800. The van der Waals surface area contributed by atoms with Gasteiger partial charge in [0.25, 0.3) is 0 Å². The minimum atomic E-state index is 0.224. The Labute approximate surface area is 70.3 Å². The van der Waals surface area contributed by atoms with Crippen LogP contribution in [0.2, 0.25) is 0 Å². The Morgan fingerprint density at radius 2 is 2.00 bits per heavy atom. The van der Waals surface area contributed by atoms with Gasteiger partial charge in [0.05, 0.1) is 0 Å². The molecule has 0 rings (SSSR count). The third-order valence-electron chi connectivity index (χ3n) is 1.55. The number of hydrogen-bond acceptors (Lipinski definition) is 2. The molecule has 1 N–H and O–H groups in total. The molecule has 2 nitrogen and oxygen atoms in total. The van der Waals surface area contributed by atoms with Crippen molar-refractivity contribution >= 4 is 0 Å². The highest BCUT2D eigenvalue weighted by molar-refractivity contribution is 4.46. The summed E-state index contributed by atoms with van der Waals surface area (Å²) in [4.78, 5) is 0. The van der Waals surface area contributed by atoms with Gasteiger partial charge < -0.3 is 4.74 Å². The van der Waals surface area contributed by atoms with Gasteiger partial charge in [-0.15, -0.1) is 0 Å². The molecule has 2 heteroatoms. The van der Waals surface area contributed by atoms with Crippen molar-refractivity contribution in [2.75, 3.05) is 13.2 Å². The molecule has 0 bridgehead atoms. The van der Waals surface area contributed by atoms with Crippen LogP contribution in [-0.2, 0) is 4.74 Å². The van der Waals surface area contributed by atoms with Gasteiger partial charge in [0.2, 0.25) is 0 Å². The van der Waals surface area contributed by atoms with Crippen molar-refractivity contribution < 1.29 is 4.74 Å². The van der Waals surface area contributed by atoms with Crippen LogP contribution < -0.4 is 5.32 Å². The molecule has 0 fully saturated rings. The van der Waals surface area contributed by atoms with Crippen LogP contribution in [0.3, 0.4) is 0 Å². The molecule has 0 heterocycles. The minimum Gasteiger partial charge on any atom is -0.364 e. The van der Waals surface area contributed by atoms with E-state index < -0.39 is 0 Å². The summed E-state index contributed by atoms with van der Waals surface area (Å²) in [6.45, 7) is 8.33. The molecule has 1 unspecified atom stereocenters. The van der Waals surface area contributed by atoms with E-state index in [0.29, 0.717) is 0 Å². The van der Waals surface area contributed by atoms with Crippen LogP contribution in [0.5, 0.6) is 0 Å². The Balaban J connectivity index is 3.02. The monoisotopic (exact) mass is 159 g/mol. The number of nitrogens with one attached hydrogen (secondary N) is 1. The molecule has 0 saturated carbocycles. The highest BCUT2D eigenvalue weighted by Gasteiger charge is 1.97. The lowest BCUT2D eigenvalue weighted by molar-refractivity contribution is 0.0413. The van der Waals surface area contributed by atoms with Crippen molar-refractivity contribution in [2.45, 2.75) is 46.3 Å². The topological polar surface area (TPSA) is 21.3 Å². The van der Waals surface area contributed by atoms with E-state index in [1.54, 1.807) is 0 Å². The smallest absolute Gasteiger partial charge is 0.105 e. The quantitative estimate of drug-likeness (QED) is 0.454. The van der Waals surface area contributed by atoms with E-state index in [0.717, 1.165) is 19.6 Å². The van der Waals surface area contributed by atoms with Crippen LogP contribution >= 0.6 is 0 Å². The van der Waals surface area contributed by atoms with E-state index in [2.05, 4.69) is 26.1 Å². The summed E-state index contributed by atoms with van der Waals surface area (Å²) in [6, 6.07) is 0. The van der Waals surface area contributed by atoms with Gasteiger partial charge >= 0.3 is 0 Å². The third kappa shape index (κ3) is 7.82. The van der Waals surface area contributed by atoms with E-state index in [4.69, 9.17) is 4.74 Å². The molecule has 11 heavy (non-hydrogen) atoms. The molecular weight excluding hydrogens is 138 g/mol. The number of ether oxygens (including phenoxy) is 1. The standard InChI is InChI=1S/C9H21NO/c1-4-6-8-11-9(3)10-7-5-2/h9-10H,4-8H2,1-3H3. The highest BCUT2D eigenvalue weighted by Crippen LogP contribution is 1.91. The second-order valence-electron chi connectivity index (χ2n) is 2.82. The van der Waals surface area contributed by atoms with Crippen molar-refractivity contribution in [1.82, 2.24) is 5.32 Å². The van der Waals surface area contributed by atoms with Gasteiger partial charge in [-0.25, -0.2) is 0 Å². The lowest BCUT2D eigenvalue weighted by atomic mass is 10.4. The van der Waals surface area contributed by atoms with Crippen LogP contribution in [0.4, 0.5) is 0 Å². The molecule has 1 atom stereocenters. The van der Waals surface area contributed by atoms with Crippen molar-refractivity contribution in [1.29, 1.82) is 0 Å². The first-order valence-corrected chi connectivity index (χ1v) is 4.66. The number of rotatable bonds is 7. The van der Waals surface area contributed by atoms with Gasteiger partial charge in [-0.3, -0.25) is 5.32 Å². The lowest BCUT2D eigenvalue weighted by Crippen LogP contribution is -2.29. The average molecular weight is 159 g/mol. The molecular formula is C9H21NO. The Morgan fingerprint density at radius 1 is 1.27 bits per heavy atom. The predicted octanol–water partition coefficient (Wildman–Crippen LogP) is 2.15. The molecule has 0 aliphatic carbocycles. The Kier molecular flexibility index (Phi) is 7.96. The first-order valence-electron chi connectivity index (χ1n) is 4.66. The van der Waals surface area contributed by atoms with E-state index in [9.17, 15) is 0 Å². The van der Waals surface area contributed by atoms with E-state index in [1.807, 2.05) is 0 Å². The van der Waals surface area contributed by atoms with Crippen LogP contribution in [0.25, 0.3) is 0 Å². The fraction of sp³-hybridized carbons (Fsp3) is 1.00. The van der Waals surface area contributed by atoms with Gasteiger partial charge in [0.1, 0.15) is 6.23 Å². The molecule has 68 valence electrons. The van der Waals surface area contributed by atoms with E-state index >= 15 is 0 Å². The summed E-state index contributed by atoms with van der Waals surface area (Å²) in [5.41, 5.74) is 0. The zero-order valence-corrected chi connectivity index (χ0v) is 8.02. The minimum absolute atomic E-state index is 0.224. The van der Waals surface area contributed by atoms with Crippen molar-refractivity contribution in [3.8, 4) is 0 Å². The molecule has 0 aromatic carbocycles. The maximum atomic E-state index is 5.47. The molecule has 0 radical (unpaired) electrons. The second-order valence-corrected chi connectivity index (χ2v) is 2.82. The third-order valence-corrected chi connectivity index (χ3v) is 1.55. The molecule has 0 aromatic rings. The number of unbranched alkanes of at least 4 members (excludes halogenated alkanes) is 1. The maximum Gasteiger partial charge on any atom is 0.105 e. The van der Waals surface area contributed by atoms with Crippen molar-refractivity contribution in [3.63, 3.8) is 0 Å². The van der Waals surface area contributed by atoms with Gasteiger partial charge in [-0.05, 0) is 26.3 Å². The first-order chi connectivity index (χ1) is 5.31. The molecule has 0 aliphatic rings. The van der Waals surface area contributed by atoms with E-state index in [-0.39, 0.29) is 6.23 Å². The van der Waals surface area contributed by atoms with Crippen LogP contribution in [0.15, 0.2) is 0 Å². The summed E-state index contributed by atoms with van der Waals surface area (Å²) in [5.74, 6) is 0.